The third-order valence-corrected chi connectivity index (χ3v) is 2.11. The highest BCUT2D eigenvalue weighted by atomic mass is 17.2. The van der Waals surface area contributed by atoms with Crippen LogP contribution in [0.2, 0.25) is 0 Å². The molecule has 0 aliphatic rings. The first-order valence-corrected chi connectivity index (χ1v) is 7.35. The number of carboxylic acid groups (broad SMARTS) is 1. The van der Waals surface area contributed by atoms with E-state index in [0.717, 1.165) is 19.3 Å². The summed E-state index contributed by atoms with van der Waals surface area (Å²) in [7, 11) is 0. The van der Waals surface area contributed by atoms with E-state index in [1.165, 1.54) is 6.42 Å². The molecule has 0 unspecified atom stereocenters. The summed E-state index contributed by atoms with van der Waals surface area (Å²) in [6.45, 7) is 1.61. The SMILES string of the molecule is CCCCCCC(=O)O.OCCON(OCCO)OCCO. The Bertz CT molecular complexity index is 211. The van der Waals surface area contributed by atoms with Gasteiger partial charge in [0.25, 0.3) is 0 Å². The first-order valence-electron chi connectivity index (χ1n) is 7.35. The maximum absolute atomic E-state index is 9.96. The lowest BCUT2D eigenvalue weighted by Crippen LogP contribution is -2.28. The van der Waals surface area contributed by atoms with Crippen molar-refractivity contribution in [2.24, 2.45) is 0 Å². The molecule has 134 valence electrons. The maximum Gasteiger partial charge on any atom is 0.303 e. The molecule has 0 amide bonds. The first-order chi connectivity index (χ1) is 10.6. The van der Waals surface area contributed by atoms with Crippen molar-refractivity contribution in [2.75, 3.05) is 39.6 Å². The van der Waals surface area contributed by atoms with E-state index in [1.54, 1.807) is 0 Å². The zero-order chi connectivity index (χ0) is 17.1. The normalized spacial score (nSPS) is 10.4. The molecule has 0 radical (unpaired) electrons. The van der Waals surface area contributed by atoms with Gasteiger partial charge in [-0.05, 0) is 6.42 Å². The van der Waals surface area contributed by atoms with E-state index in [2.05, 4.69) is 6.92 Å². The molecule has 0 rings (SSSR count). The summed E-state index contributed by atoms with van der Waals surface area (Å²) < 4.78 is 0. The van der Waals surface area contributed by atoms with Crippen LogP contribution in [0.5, 0.6) is 0 Å². The fraction of sp³-hybridized carbons (Fsp3) is 0.923. The van der Waals surface area contributed by atoms with Crippen molar-refractivity contribution in [2.45, 2.75) is 39.0 Å². The van der Waals surface area contributed by atoms with Gasteiger partial charge >= 0.3 is 5.97 Å². The van der Waals surface area contributed by atoms with Crippen LogP contribution in [0.15, 0.2) is 0 Å². The van der Waals surface area contributed by atoms with Gasteiger partial charge in [0.1, 0.15) is 0 Å². The number of aliphatic hydroxyl groups excluding tert-OH is 3. The van der Waals surface area contributed by atoms with Crippen LogP contribution >= 0.6 is 0 Å². The summed E-state index contributed by atoms with van der Waals surface area (Å²) in [6, 6.07) is 0. The maximum atomic E-state index is 9.96. The molecule has 0 aromatic heterocycles. The van der Waals surface area contributed by atoms with Crippen LogP contribution in [-0.2, 0) is 19.3 Å². The third-order valence-electron chi connectivity index (χ3n) is 2.11. The van der Waals surface area contributed by atoms with Crippen molar-refractivity contribution in [3.05, 3.63) is 0 Å². The van der Waals surface area contributed by atoms with Gasteiger partial charge in [-0.15, -0.1) is 0 Å². The fourth-order valence-electron chi connectivity index (χ4n) is 1.16. The predicted molar refractivity (Wildman–Crippen MR) is 77.3 cm³/mol. The Labute approximate surface area is 130 Å². The fourth-order valence-corrected chi connectivity index (χ4v) is 1.16. The van der Waals surface area contributed by atoms with Crippen LogP contribution in [0.3, 0.4) is 0 Å². The van der Waals surface area contributed by atoms with E-state index in [9.17, 15) is 4.79 Å². The Kier molecular flexibility index (Phi) is 21.5. The van der Waals surface area contributed by atoms with Crippen molar-refractivity contribution >= 4 is 5.97 Å². The summed E-state index contributed by atoms with van der Waals surface area (Å²) in [5.41, 5.74) is 0. The number of aliphatic carboxylic acids is 1. The molecular weight excluding hydrogens is 298 g/mol. The van der Waals surface area contributed by atoms with E-state index in [1.807, 2.05) is 0 Å². The van der Waals surface area contributed by atoms with Gasteiger partial charge in [-0.1, -0.05) is 26.2 Å². The largest absolute Gasteiger partial charge is 0.481 e. The standard InChI is InChI=1S/C7H14O2.C6H15NO6/c1-2-3-4-5-6-7(8)9;8-1-4-11-7(12-5-2-9)13-6-3-10/h2-6H2,1H3,(H,8,9);8-10H,1-6H2. The number of hydrogen-bond donors (Lipinski definition) is 4. The van der Waals surface area contributed by atoms with Crippen molar-refractivity contribution in [1.82, 2.24) is 5.39 Å². The van der Waals surface area contributed by atoms with Gasteiger partial charge < -0.3 is 20.4 Å². The molecule has 0 spiro atoms. The minimum atomic E-state index is -0.675. The van der Waals surface area contributed by atoms with E-state index in [-0.39, 0.29) is 39.6 Å². The number of rotatable bonds is 14. The zero-order valence-electron chi connectivity index (χ0n) is 13.1. The Morgan fingerprint density at radius 3 is 1.64 bits per heavy atom. The third kappa shape index (κ3) is 21.5. The van der Waals surface area contributed by atoms with Crippen LogP contribution in [0.25, 0.3) is 0 Å². The molecule has 0 atom stereocenters. The van der Waals surface area contributed by atoms with Crippen LogP contribution in [0.1, 0.15) is 39.0 Å². The van der Waals surface area contributed by atoms with Crippen molar-refractivity contribution < 1.29 is 39.7 Å². The molecule has 0 saturated heterocycles. The Morgan fingerprint density at radius 1 is 0.864 bits per heavy atom. The minimum Gasteiger partial charge on any atom is -0.481 e. The lowest BCUT2D eigenvalue weighted by Gasteiger charge is -2.17. The zero-order valence-corrected chi connectivity index (χ0v) is 13.1. The van der Waals surface area contributed by atoms with E-state index in [0.29, 0.717) is 11.8 Å². The number of aliphatic hydroxyl groups is 3. The summed E-state index contributed by atoms with van der Waals surface area (Å²) >= 11 is 0. The van der Waals surface area contributed by atoms with Gasteiger partial charge in [0, 0.05) is 6.42 Å². The van der Waals surface area contributed by atoms with Crippen LogP contribution in [-0.4, -0.2) is 71.4 Å². The second kappa shape index (κ2) is 20.2. The second-order valence-corrected chi connectivity index (χ2v) is 4.10. The Balaban J connectivity index is 0. The Morgan fingerprint density at radius 2 is 1.32 bits per heavy atom. The molecule has 9 nitrogen and oxygen atoms in total. The van der Waals surface area contributed by atoms with E-state index < -0.39 is 5.97 Å². The highest BCUT2D eigenvalue weighted by molar-refractivity contribution is 5.66. The van der Waals surface area contributed by atoms with Crippen LogP contribution in [0.4, 0.5) is 0 Å². The smallest absolute Gasteiger partial charge is 0.303 e. The molecule has 0 aromatic carbocycles. The number of carbonyl (C=O) groups is 1. The number of unbranched alkanes of at least 4 members (excludes halogenated alkanes) is 3. The quantitative estimate of drug-likeness (QED) is 0.259. The first kappa shape index (κ1) is 23.5. The monoisotopic (exact) mass is 327 g/mol. The molecular formula is C13H29NO8. The molecule has 0 saturated carbocycles. The summed E-state index contributed by atoms with van der Waals surface area (Å²) in [4.78, 5) is 24.1. The lowest BCUT2D eigenvalue weighted by molar-refractivity contribution is -0.527. The molecule has 0 aromatic rings. The van der Waals surface area contributed by atoms with E-state index >= 15 is 0 Å². The summed E-state index contributed by atoms with van der Waals surface area (Å²) in [5, 5.41) is 34.1. The van der Waals surface area contributed by atoms with Gasteiger partial charge in [0.05, 0.1) is 45.0 Å². The van der Waals surface area contributed by atoms with Gasteiger partial charge in [0.2, 0.25) is 0 Å². The minimum absolute atomic E-state index is 0.0108. The van der Waals surface area contributed by atoms with Gasteiger partial charge in [0.15, 0.2) is 0 Å². The van der Waals surface area contributed by atoms with Crippen molar-refractivity contribution in [3.8, 4) is 0 Å². The molecule has 0 aliphatic heterocycles. The van der Waals surface area contributed by atoms with Gasteiger partial charge in [-0.25, -0.2) is 14.5 Å². The predicted octanol–water partition coefficient (Wildman–Crippen LogP) is 0.102. The number of nitrogens with zero attached hydrogens (tertiary/aromatic N) is 1. The van der Waals surface area contributed by atoms with Gasteiger partial charge in [-0.2, -0.15) is 0 Å². The topological polar surface area (TPSA) is 129 Å². The highest BCUT2D eigenvalue weighted by Crippen LogP contribution is 2.01. The number of hydrogen-bond acceptors (Lipinski definition) is 8. The molecule has 0 fully saturated rings. The molecule has 4 N–H and O–H groups in total. The molecule has 9 heteroatoms. The van der Waals surface area contributed by atoms with Crippen molar-refractivity contribution in [3.63, 3.8) is 0 Å². The average molecular weight is 327 g/mol. The second-order valence-electron chi connectivity index (χ2n) is 4.10. The van der Waals surface area contributed by atoms with E-state index in [4.69, 9.17) is 34.9 Å². The Hall–Kier alpha value is -0.810. The van der Waals surface area contributed by atoms with Gasteiger partial charge in [-0.3, -0.25) is 4.79 Å². The van der Waals surface area contributed by atoms with Crippen LogP contribution < -0.4 is 0 Å². The molecule has 0 bridgehead atoms. The lowest BCUT2D eigenvalue weighted by atomic mass is 10.2. The highest BCUT2D eigenvalue weighted by Gasteiger charge is 2.05. The summed E-state index contributed by atoms with van der Waals surface area (Å²) in [5.74, 6) is -0.675. The molecule has 0 heterocycles. The average Bonchev–Trinajstić information content (AvgIpc) is 2.51. The number of carboxylic acids is 1. The summed E-state index contributed by atoms with van der Waals surface area (Å²) in [6.07, 6.45) is 4.55. The molecule has 22 heavy (non-hydrogen) atoms. The van der Waals surface area contributed by atoms with Crippen molar-refractivity contribution in [1.29, 1.82) is 0 Å². The van der Waals surface area contributed by atoms with Crippen LogP contribution in [0, 0.1) is 0 Å². The molecule has 0 aliphatic carbocycles.